The molecule has 3 atom stereocenters. The van der Waals surface area contributed by atoms with Gasteiger partial charge in [0, 0.05) is 30.1 Å². The maximum absolute atomic E-state index is 16.2. The maximum Gasteiger partial charge on any atom is 0.166 e. The number of ketones is 1. The number of carbonyl (C=O) groups is 1. The van der Waals surface area contributed by atoms with Gasteiger partial charge in [-0.3, -0.25) is 9.69 Å². The lowest BCUT2D eigenvalue weighted by atomic mass is 9.79. The smallest absolute Gasteiger partial charge is 0.166 e. The van der Waals surface area contributed by atoms with Gasteiger partial charge >= 0.3 is 0 Å². The van der Waals surface area contributed by atoms with Crippen molar-refractivity contribution in [3.8, 4) is 11.5 Å². The Morgan fingerprint density at radius 2 is 1.75 bits per heavy atom. The molecule has 2 saturated heterocycles. The number of hydrogen-bond acceptors (Lipinski definition) is 4. The van der Waals surface area contributed by atoms with Crippen molar-refractivity contribution in [2.75, 3.05) is 14.2 Å². The highest BCUT2D eigenvalue weighted by atomic mass is 19.1. The number of methoxy groups -OCH3 is 2. The fourth-order valence-electron chi connectivity index (χ4n) is 6.33. The van der Waals surface area contributed by atoms with Crippen molar-refractivity contribution in [3.63, 3.8) is 0 Å². The van der Waals surface area contributed by atoms with Gasteiger partial charge in [-0.25, -0.2) is 4.39 Å². The SMILES string of the molecule is COc1cc2c(cc1OC)C(=O)C(CC1(F)CC3CCC(C1)N3Cc1cccc(C)c1)C2. The average Bonchev–Trinajstić information content (AvgIpc) is 3.19. The number of nitrogens with zero attached hydrogens (tertiary/aromatic N) is 1. The molecule has 3 aliphatic rings. The summed E-state index contributed by atoms with van der Waals surface area (Å²) in [6.07, 6.45) is 4.06. The minimum atomic E-state index is -1.27. The molecule has 2 aromatic carbocycles. The lowest BCUT2D eigenvalue weighted by molar-refractivity contribution is -0.00653. The monoisotopic (exact) mass is 437 g/mol. The molecule has 0 spiro atoms. The Kier molecular flexibility index (Phi) is 5.48. The molecule has 0 amide bonds. The molecule has 2 aromatic rings. The van der Waals surface area contributed by atoms with Crippen LogP contribution in [0, 0.1) is 12.8 Å². The van der Waals surface area contributed by atoms with Gasteiger partial charge < -0.3 is 9.47 Å². The average molecular weight is 438 g/mol. The van der Waals surface area contributed by atoms with E-state index in [1.807, 2.05) is 6.07 Å². The Hall–Kier alpha value is -2.40. The van der Waals surface area contributed by atoms with Crippen molar-refractivity contribution >= 4 is 5.78 Å². The Bertz CT molecular complexity index is 1020. The highest BCUT2D eigenvalue weighted by molar-refractivity contribution is 6.03. The van der Waals surface area contributed by atoms with Gasteiger partial charge in [-0.1, -0.05) is 29.8 Å². The minimum Gasteiger partial charge on any atom is -0.493 e. The van der Waals surface area contributed by atoms with Gasteiger partial charge in [0.05, 0.1) is 14.2 Å². The summed E-state index contributed by atoms with van der Waals surface area (Å²) in [6, 6.07) is 12.8. The van der Waals surface area contributed by atoms with Crippen LogP contribution in [0.2, 0.25) is 0 Å². The van der Waals surface area contributed by atoms with Gasteiger partial charge in [-0.15, -0.1) is 0 Å². The lowest BCUT2D eigenvalue weighted by Gasteiger charge is -2.43. The third kappa shape index (κ3) is 3.81. The molecule has 2 fully saturated rings. The molecule has 5 heteroatoms. The first kappa shape index (κ1) is 21.4. The molecule has 0 N–H and O–H groups in total. The van der Waals surface area contributed by atoms with E-state index in [4.69, 9.17) is 9.47 Å². The second kappa shape index (κ2) is 8.18. The van der Waals surface area contributed by atoms with Crippen LogP contribution in [-0.4, -0.2) is 42.7 Å². The van der Waals surface area contributed by atoms with Crippen LogP contribution in [0.5, 0.6) is 11.5 Å². The standard InChI is InChI=1S/C27H32FNO3/c1-17-5-4-6-18(9-17)16-29-21-7-8-22(29)15-27(28,14-21)13-20-10-19-11-24(31-2)25(32-3)12-23(19)26(20)30/h4-6,9,11-12,20-22H,7-8,10,13-16H2,1-3H3. The van der Waals surface area contributed by atoms with Gasteiger partial charge in [-0.05, 0) is 68.7 Å². The van der Waals surface area contributed by atoms with Gasteiger partial charge in [0.2, 0.25) is 0 Å². The van der Waals surface area contributed by atoms with E-state index in [1.165, 1.54) is 11.1 Å². The van der Waals surface area contributed by atoms with Crippen LogP contribution in [-0.2, 0) is 13.0 Å². The molecular formula is C27H32FNO3. The first-order valence-electron chi connectivity index (χ1n) is 11.7. The summed E-state index contributed by atoms with van der Waals surface area (Å²) >= 11 is 0. The van der Waals surface area contributed by atoms with E-state index >= 15 is 4.39 Å². The van der Waals surface area contributed by atoms with E-state index in [2.05, 4.69) is 36.1 Å². The number of Topliss-reactive ketones (excluding diaryl/α,β-unsaturated/α-hetero) is 1. The molecule has 2 bridgehead atoms. The predicted octanol–water partition coefficient (Wildman–Crippen LogP) is 5.29. The molecule has 32 heavy (non-hydrogen) atoms. The highest BCUT2D eigenvalue weighted by Gasteiger charge is 2.50. The Morgan fingerprint density at radius 1 is 1.06 bits per heavy atom. The third-order valence-electron chi connectivity index (χ3n) is 7.75. The zero-order valence-electron chi connectivity index (χ0n) is 19.2. The van der Waals surface area contributed by atoms with E-state index in [0.29, 0.717) is 42.7 Å². The third-order valence-corrected chi connectivity index (χ3v) is 7.75. The molecule has 170 valence electrons. The summed E-state index contributed by atoms with van der Waals surface area (Å²) in [5.41, 5.74) is 2.90. The Balaban J connectivity index is 1.29. The maximum atomic E-state index is 16.2. The minimum absolute atomic E-state index is 0.0486. The Labute approximate surface area is 189 Å². The van der Waals surface area contributed by atoms with Crippen LogP contribution in [0.3, 0.4) is 0 Å². The molecule has 0 aromatic heterocycles. The van der Waals surface area contributed by atoms with Crippen molar-refractivity contribution in [1.82, 2.24) is 4.90 Å². The number of hydrogen-bond donors (Lipinski definition) is 0. The molecule has 0 radical (unpaired) electrons. The highest BCUT2D eigenvalue weighted by Crippen LogP contribution is 2.48. The first-order chi connectivity index (χ1) is 15.4. The number of piperidine rings is 1. The van der Waals surface area contributed by atoms with Crippen molar-refractivity contribution in [3.05, 3.63) is 58.7 Å². The largest absolute Gasteiger partial charge is 0.493 e. The van der Waals surface area contributed by atoms with Gasteiger partial charge in [0.1, 0.15) is 5.67 Å². The molecule has 5 rings (SSSR count). The van der Waals surface area contributed by atoms with Crippen molar-refractivity contribution < 1.29 is 18.7 Å². The van der Waals surface area contributed by atoms with Gasteiger partial charge in [0.15, 0.2) is 17.3 Å². The zero-order valence-corrected chi connectivity index (χ0v) is 19.2. The fourth-order valence-corrected chi connectivity index (χ4v) is 6.33. The van der Waals surface area contributed by atoms with Crippen molar-refractivity contribution in [2.24, 2.45) is 5.92 Å². The predicted molar refractivity (Wildman–Crippen MR) is 122 cm³/mol. The van der Waals surface area contributed by atoms with Crippen LogP contribution in [0.4, 0.5) is 4.39 Å². The van der Waals surface area contributed by atoms with Crippen LogP contribution < -0.4 is 9.47 Å². The van der Waals surface area contributed by atoms with Gasteiger partial charge in [0.25, 0.3) is 0 Å². The van der Waals surface area contributed by atoms with Crippen LogP contribution in [0.1, 0.15) is 59.2 Å². The number of ether oxygens (including phenoxy) is 2. The number of halogens is 1. The van der Waals surface area contributed by atoms with Crippen LogP contribution in [0.15, 0.2) is 36.4 Å². The first-order valence-corrected chi connectivity index (χ1v) is 11.7. The van der Waals surface area contributed by atoms with E-state index in [-0.39, 0.29) is 23.8 Å². The Morgan fingerprint density at radius 3 is 2.41 bits per heavy atom. The number of rotatable bonds is 6. The van der Waals surface area contributed by atoms with Crippen LogP contribution >= 0.6 is 0 Å². The molecule has 2 heterocycles. The normalized spacial score (nSPS) is 29.2. The van der Waals surface area contributed by atoms with Crippen molar-refractivity contribution in [1.29, 1.82) is 0 Å². The fraction of sp³-hybridized carbons (Fsp3) is 0.519. The summed E-state index contributed by atoms with van der Waals surface area (Å²) in [5.74, 6) is 0.928. The second-order valence-electron chi connectivity index (χ2n) is 9.94. The molecular weight excluding hydrogens is 405 g/mol. The zero-order chi connectivity index (χ0) is 22.5. The van der Waals surface area contributed by atoms with Gasteiger partial charge in [-0.2, -0.15) is 0 Å². The number of carbonyl (C=O) groups excluding carboxylic acids is 1. The summed E-state index contributed by atoms with van der Waals surface area (Å²) in [6.45, 7) is 3.00. The molecule has 3 unspecified atom stereocenters. The number of aryl methyl sites for hydroxylation is 1. The van der Waals surface area contributed by atoms with E-state index < -0.39 is 5.67 Å². The van der Waals surface area contributed by atoms with Crippen LogP contribution in [0.25, 0.3) is 0 Å². The van der Waals surface area contributed by atoms with E-state index in [0.717, 1.165) is 24.9 Å². The summed E-state index contributed by atoms with van der Waals surface area (Å²) in [7, 11) is 3.16. The summed E-state index contributed by atoms with van der Waals surface area (Å²) in [4.78, 5) is 15.6. The summed E-state index contributed by atoms with van der Waals surface area (Å²) in [5, 5.41) is 0. The summed E-state index contributed by atoms with van der Waals surface area (Å²) < 4.78 is 27.0. The molecule has 1 aliphatic carbocycles. The van der Waals surface area contributed by atoms with Crippen molar-refractivity contribution in [2.45, 2.75) is 69.7 Å². The lowest BCUT2D eigenvalue weighted by Crippen LogP contribution is -2.49. The second-order valence-corrected chi connectivity index (χ2v) is 9.94. The van der Waals surface area contributed by atoms with E-state index in [1.54, 1.807) is 20.3 Å². The van der Waals surface area contributed by atoms with E-state index in [9.17, 15) is 4.79 Å². The quantitative estimate of drug-likeness (QED) is 0.615. The molecule has 2 aliphatic heterocycles. The number of fused-ring (bicyclic) bond motifs is 3. The number of benzene rings is 2. The number of alkyl halides is 1. The molecule has 0 saturated carbocycles. The topological polar surface area (TPSA) is 38.8 Å². The molecule has 4 nitrogen and oxygen atoms in total.